The van der Waals surface area contributed by atoms with Crippen molar-refractivity contribution in [3.05, 3.63) is 231 Å². The third kappa shape index (κ3) is 6.58. The fourth-order valence-electron chi connectivity index (χ4n) is 11.3. The first kappa shape index (κ1) is 40.9. The van der Waals surface area contributed by atoms with E-state index in [1.54, 1.807) is 0 Å². The Balaban J connectivity index is 0.956. The average molecular weight is 961 g/mol. The molecule has 4 aliphatic rings. The molecule has 70 heavy (non-hydrogen) atoms. The van der Waals surface area contributed by atoms with E-state index >= 15 is 0 Å². The lowest BCUT2D eigenvalue weighted by Crippen LogP contribution is -2.62. The van der Waals surface area contributed by atoms with Gasteiger partial charge in [0.2, 0.25) is 13.4 Å². The Kier molecular flexibility index (Phi) is 9.54. The largest absolute Gasteiger partial charge is 0.310 e. The Labute approximate surface area is 425 Å². The molecule has 11 aromatic rings. The van der Waals surface area contributed by atoms with Gasteiger partial charge in [-0.15, -0.1) is 0 Å². The van der Waals surface area contributed by atoms with Gasteiger partial charge in [0.1, 0.15) is 0 Å². The van der Waals surface area contributed by atoms with Crippen LogP contribution in [0.15, 0.2) is 270 Å². The highest BCUT2D eigenvalue weighted by Gasteiger charge is 2.44. The molecule has 8 heteroatoms. The van der Waals surface area contributed by atoms with Crippen LogP contribution in [0, 0.1) is 0 Å². The van der Waals surface area contributed by atoms with Gasteiger partial charge in [-0.05, 0) is 123 Å². The van der Waals surface area contributed by atoms with Gasteiger partial charge in [0.15, 0.2) is 0 Å². The van der Waals surface area contributed by atoms with Crippen LogP contribution in [0.5, 0.6) is 0 Å². The minimum Gasteiger partial charge on any atom is -0.310 e. The highest BCUT2D eigenvalue weighted by atomic mass is 32.2. The van der Waals surface area contributed by atoms with E-state index in [9.17, 15) is 0 Å². The number of nitrogens with zero attached hydrogens (tertiary/aromatic N) is 2. The van der Waals surface area contributed by atoms with Crippen LogP contribution in [0.4, 0.5) is 34.1 Å². The number of anilines is 6. The van der Waals surface area contributed by atoms with Crippen LogP contribution < -0.4 is 42.6 Å². The molecule has 0 saturated carbocycles. The maximum Gasteiger partial charge on any atom is 0.247 e. The smallest absolute Gasteiger partial charge is 0.247 e. The van der Waals surface area contributed by atoms with Crippen LogP contribution in [-0.2, 0) is 0 Å². The van der Waals surface area contributed by atoms with Crippen LogP contribution in [0.2, 0.25) is 0 Å². The lowest BCUT2D eigenvalue weighted by molar-refractivity contribution is 1.23. The monoisotopic (exact) mass is 960 g/mol. The Hall–Kier alpha value is -6.93. The molecule has 0 radical (unpaired) electrons. The molecule has 0 atom stereocenters. The number of rotatable bonds is 6. The molecule has 0 fully saturated rings. The Morgan fingerprint density at radius 1 is 0.229 bits per heavy atom. The zero-order valence-electron chi connectivity index (χ0n) is 37.6. The molecule has 326 valence electrons. The second-order valence-electron chi connectivity index (χ2n) is 18.4. The fourth-order valence-corrected chi connectivity index (χ4v) is 16.4. The lowest BCUT2D eigenvalue weighted by atomic mass is 9.33. The van der Waals surface area contributed by atoms with Crippen LogP contribution in [0.3, 0.4) is 0 Å². The van der Waals surface area contributed by atoms with Crippen molar-refractivity contribution in [3.63, 3.8) is 0 Å². The maximum atomic E-state index is 2.64. The topological polar surface area (TPSA) is 6.48 Å². The summed E-state index contributed by atoms with van der Waals surface area (Å²) < 4.78 is 0. The quantitative estimate of drug-likeness (QED) is 0.152. The molecule has 2 nitrogen and oxygen atoms in total. The standard InChI is InChI=1S/C62H38B2N2S4/c1-5-21-43(22-6-1)65(44-23-7-2-8-24-44)47-33-57-61-59(35-47)69-55-38-56-52(37-51(55)63(61)49-29-39-17-13-15-19-41(39)31-53(49)67-57)64-50-30-40-18-14-16-20-42(40)32-54(50)68-58-34-48(36-60(70-56)62(58)64)66(45-25-9-3-10-26-45)46-27-11-4-12-28-46/h1-38H. The van der Waals surface area contributed by atoms with E-state index in [0.717, 1.165) is 22.7 Å². The third-order valence-corrected chi connectivity index (χ3v) is 18.9. The number of hydrogen-bond acceptors (Lipinski definition) is 6. The molecule has 11 aromatic carbocycles. The molecule has 0 amide bonds. The van der Waals surface area contributed by atoms with Crippen molar-refractivity contribution < 1.29 is 0 Å². The predicted octanol–water partition coefficient (Wildman–Crippen LogP) is 13.8. The molecule has 0 N–H and O–H groups in total. The first-order valence-electron chi connectivity index (χ1n) is 23.8. The van der Waals surface area contributed by atoms with Gasteiger partial charge in [0, 0.05) is 73.3 Å². The fraction of sp³-hybridized carbons (Fsp3) is 0. The average Bonchev–Trinajstić information content (AvgIpc) is 3.40. The second-order valence-corrected chi connectivity index (χ2v) is 22.7. The van der Waals surface area contributed by atoms with Gasteiger partial charge in [0.25, 0.3) is 0 Å². The van der Waals surface area contributed by atoms with E-state index < -0.39 is 0 Å². The molecule has 0 aromatic heterocycles. The van der Waals surface area contributed by atoms with Crippen molar-refractivity contribution in [2.45, 2.75) is 39.2 Å². The van der Waals surface area contributed by atoms with Crippen LogP contribution in [0.25, 0.3) is 21.5 Å². The van der Waals surface area contributed by atoms with E-state index in [1.165, 1.54) is 105 Å². The van der Waals surface area contributed by atoms with Crippen molar-refractivity contribution in [1.82, 2.24) is 0 Å². The molecular formula is C62H38B2N2S4. The lowest BCUT2D eigenvalue weighted by Gasteiger charge is -2.38. The summed E-state index contributed by atoms with van der Waals surface area (Å²) >= 11 is 7.78. The highest BCUT2D eigenvalue weighted by Crippen LogP contribution is 2.48. The minimum absolute atomic E-state index is 0.0796. The minimum atomic E-state index is 0.0796. The molecule has 0 spiro atoms. The zero-order valence-corrected chi connectivity index (χ0v) is 40.9. The first-order chi connectivity index (χ1) is 34.7. The summed E-state index contributed by atoms with van der Waals surface area (Å²) in [4.78, 5) is 15.5. The highest BCUT2D eigenvalue weighted by molar-refractivity contribution is 8.02. The van der Waals surface area contributed by atoms with Gasteiger partial charge in [-0.1, -0.05) is 208 Å². The van der Waals surface area contributed by atoms with Crippen molar-refractivity contribution in [2.24, 2.45) is 0 Å². The van der Waals surface area contributed by atoms with Gasteiger partial charge >= 0.3 is 0 Å². The molecular weight excluding hydrogens is 923 g/mol. The third-order valence-electron chi connectivity index (χ3n) is 14.4. The van der Waals surface area contributed by atoms with Gasteiger partial charge in [-0.25, -0.2) is 0 Å². The molecule has 0 saturated heterocycles. The van der Waals surface area contributed by atoms with E-state index in [0.29, 0.717) is 0 Å². The first-order valence-corrected chi connectivity index (χ1v) is 27.0. The van der Waals surface area contributed by atoms with E-state index in [4.69, 9.17) is 0 Å². The summed E-state index contributed by atoms with van der Waals surface area (Å²) in [7, 11) is 0. The molecule has 0 bridgehead atoms. The number of para-hydroxylation sites is 4. The van der Waals surface area contributed by atoms with Crippen molar-refractivity contribution in [2.75, 3.05) is 9.80 Å². The van der Waals surface area contributed by atoms with Gasteiger partial charge in [0.05, 0.1) is 0 Å². The van der Waals surface area contributed by atoms with Crippen LogP contribution >= 0.6 is 47.0 Å². The van der Waals surface area contributed by atoms with E-state index in [2.05, 4.69) is 240 Å². The van der Waals surface area contributed by atoms with E-state index in [1.807, 2.05) is 47.0 Å². The zero-order chi connectivity index (χ0) is 45.9. The van der Waals surface area contributed by atoms with E-state index in [-0.39, 0.29) is 13.4 Å². The van der Waals surface area contributed by atoms with Crippen molar-refractivity contribution >= 4 is 149 Å². The number of fused-ring (bicyclic) bond motifs is 10. The molecule has 15 rings (SSSR count). The van der Waals surface area contributed by atoms with Crippen molar-refractivity contribution in [3.8, 4) is 0 Å². The van der Waals surface area contributed by atoms with Gasteiger partial charge in [-0.2, -0.15) is 0 Å². The maximum absolute atomic E-state index is 2.64. The Morgan fingerprint density at radius 2 is 0.500 bits per heavy atom. The molecule has 0 unspecified atom stereocenters. The second kappa shape index (κ2) is 16.3. The summed E-state index contributed by atoms with van der Waals surface area (Å²) in [6, 6.07) is 86.0. The van der Waals surface area contributed by atoms with Crippen molar-refractivity contribution in [1.29, 1.82) is 0 Å². The molecule has 0 aliphatic carbocycles. The summed E-state index contributed by atoms with van der Waals surface area (Å²) in [5.41, 5.74) is 15.4. The SMILES string of the molecule is c1ccc(N(c2ccccc2)c2cc3c4c(c2)Sc2cc5ccccc5cc2B4c2cc4c(cc2S3)Sc2cc(N(c3ccccc3)c3ccccc3)cc3c2B4c2cc4ccccc4cc2S3)cc1. The molecule has 4 aliphatic heterocycles. The van der Waals surface area contributed by atoms with Gasteiger partial charge < -0.3 is 9.80 Å². The summed E-state index contributed by atoms with van der Waals surface area (Å²) in [5.74, 6) is 0. The van der Waals surface area contributed by atoms with Crippen LogP contribution in [-0.4, -0.2) is 13.4 Å². The number of benzene rings is 11. The summed E-state index contributed by atoms with van der Waals surface area (Å²) in [5, 5.41) is 5.13. The molecule has 4 heterocycles. The Morgan fingerprint density at radius 3 is 0.829 bits per heavy atom. The van der Waals surface area contributed by atoms with Gasteiger partial charge in [-0.3, -0.25) is 0 Å². The Bertz CT molecular complexity index is 3600. The predicted molar refractivity (Wildman–Crippen MR) is 302 cm³/mol. The van der Waals surface area contributed by atoms with Crippen LogP contribution in [0.1, 0.15) is 0 Å². The summed E-state index contributed by atoms with van der Waals surface area (Å²) in [6.45, 7) is 0.159. The summed E-state index contributed by atoms with van der Waals surface area (Å²) in [6.07, 6.45) is 0. The number of hydrogen-bond donors (Lipinski definition) is 0. The normalized spacial score (nSPS) is 13.4.